The second kappa shape index (κ2) is 3.35. The summed E-state index contributed by atoms with van der Waals surface area (Å²) in [5.74, 6) is 0.807. The lowest BCUT2D eigenvalue weighted by Gasteiger charge is -2.22. The van der Waals surface area contributed by atoms with Crippen LogP contribution in [0, 0.1) is 11.8 Å². The molecule has 0 saturated heterocycles. The quantitative estimate of drug-likeness (QED) is 0.670. The fraction of sp³-hybridized carbons (Fsp3) is 1.00. The predicted octanol–water partition coefficient (Wildman–Crippen LogP) is 1.31. The summed E-state index contributed by atoms with van der Waals surface area (Å²) in [7, 11) is 0. The zero-order valence-corrected chi connectivity index (χ0v) is 7.45. The largest absolute Gasteiger partial charge is 0.390 e. The smallest absolute Gasteiger partial charge is 0.0829 e. The number of aliphatic hydroxyl groups excluding tert-OH is 2. The summed E-state index contributed by atoms with van der Waals surface area (Å²) in [6.45, 7) is 0. The molecule has 0 aromatic heterocycles. The fourth-order valence-corrected chi connectivity index (χ4v) is 2.29. The van der Waals surface area contributed by atoms with Crippen molar-refractivity contribution in [1.82, 2.24) is 0 Å². The molecule has 0 amide bonds. The van der Waals surface area contributed by atoms with Crippen molar-refractivity contribution in [2.45, 2.75) is 50.7 Å². The first-order chi connectivity index (χ1) is 5.79. The fourth-order valence-electron chi connectivity index (χ4n) is 2.29. The van der Waals surface area contributed by atoms with Gasteiger partial charge in [-0.05, 0) is 37.5 Å². The molecule has 2 atom stereocenters. The van der Waals surface area contributed by atoms with Gasteiger partial charge in [-0.2, -0.15) is 0 Å². The van der Waals surface area contributed by atoms with Crippen LogP contribution in [0.15, 0.2) is 0 Å². The van der Waals surface area contributed by atoms with Crippen LogP contribution >= 0.6 is 0 Å². The maximum Gasteiger partial charge on any atom is 0.0829 e. The Morgan fingerprint density at radius 3 is 1.58 bits per heavy atom. The van der Waals surface area contributed by atoms with E-state index >= 15 is 0 Å². The molecule has 12 heavy (non-hydrogen) atoms. The summed E-state index contributed by atoms with van der Waals surface area (Å²) in [6, 6.07) is 0. The number of hydrogen-bond acceptors (Lipinski definition) is 2. The van der Waals surface area contributed by atoms with E-state index in [0.717, 1.165) is 25.7 Å². The van der Waals surface area contributed by atoms with Crippen molar-refractivity contribution in [1.29, 1.82) is 0 Å². The van der Waals surface area contributed by atoms with E-state index in [4.69, 9.17) is 0 Å². The first kappa shape index (κ1) is 8.52. The van der Waals surface area contributed by atoms with Crippen molar-refractivity contribution >= 4 is 0 Å². The highest BCUT2D eigenvalue weighted by Gasteiger charge is 2.38. The van der Waals surface area contributed by atoms with Crippen LogP contribution in [0.1, 0.15) is 38.5 Å². The van der Waals surface area contributed by atoms with E-state index in [0.29, 0.717) is 11.8 Å². The van der Waals surface area contributed by atoms with E-state index in [1.165, 1.54) is 12.8 Å². The summed E-state index contributed by atoms with van der Waals surface area (Å²) >= 11 is 0. The second-order valence-electron chi connectivity index (χ2n) is 4.36. The number of hydrogen-bond donors (Lipinski definition) is 2. The van der Waals surface area contributed by atoms with Gasteiger partial charge in [0.25, 0.3) is 0 Å². The van der Waals surface area contributed by atoms with E-state index in [2.05, 4.69) is 0 Å². The molecule has 0 aliphatic heterocycles. The molecular formula is C10H18O2. The molecule has 2 heteroatoms. The highest BCUT2D eigenvalue weighted by atomic mass is 16.3. The SMILES string of the molecule is OC(C1CCCC1)C(O)C1CC1. The third kappa shape index (κ3) is 1.64. The van der Waals surface area contributed by atoms with Crippen molar-refractivity contribution < 1.29 is 10.2 Å². The van der Waals surface area contributed by atoms with Gasteiger partial charge in [0.2, 0.25) is 0 Å². The van der Waals surface area contributed by atoms with Gasteiger partial charge in [-0.15, -0.1) is 0 Å². The molecule has 2 saturated carbocycles. The zero-order valence-electron chi connectivity index (χ0n) is 7.45. The van der Waals surface area contributed by atoms with Gasteiger partial charge in [0.15, 0.2) is 0 Å². The Hall–Kier alpha value is -0.0800. The molecule has 0 aromatic rings. The lowest BCUT2D eigenvalue weighted by molar-refractivity contribution is -0.0267. The molecule has 2 nitrogen and oxygen atoms in total. The molecule has 2 N–H and O–H groups in total. The summed E-state index contributed by atoms with van der Waals surface area (Å²) in [5, 5.41) is 19.4. The Bertz CT molecular complexity index is 146. The zero-order chi connectivity index (χ0) is 8.55. The molecular weight excluding hydrogens is 152 g/mol. The summed E-state index contributed by atoms with van der Waals surface area (Å²) in [4.78, 5) is 0. The Kier molecular flexibility index (Phi) is 2.37. The third-order valence-electron chi connectivity index (χ3n) is 3.34. The average Bonchev–Trinajstić information content (AvgIpc) is 2.79. The first-order valence-corrected chi connectivity index (χ1v) is 5.15. The van der Waals surface area contributed by atoms with Gasteiger partial charge in [0.1, 0.15) is 0 Å². The number of aliphatic hydroxyl groups is 2. The van der Waals surface area contributed by atoms with E-state index in [-0.39, 0.29) is 0 Å². The van der Waals surface area contributed by atoms with Crippen LogP contribution in [-0.4, -0.2) is 22.4 Å². The Morgan fingerprint density at radius 2 is 1.17 bits per heavy atom. The van der Waals surface area contributed by atoms with E-state index in [1.807, 2.05) is 0 Å². The van der Waals surface area contributed by atoms with Crippen LogP contribution in [0.2, 0.25) is 0 Å². The molecule has 0 bridgehead atoms. The van der Waals surface area contributed by atoms with Crippen molar-refractivity contribution in [3.05, 3.63) is 0 Å². The van der Waals surface area contributed by atoms with Crippen LogP contribution in [0.4, 0.5) is 0 Å². The summed E-state index contributed by atoms with van der Waals surface area (Å²) < 4.78 is 0. The number of rotatable bonds is 3. The van der Waals surface area contributed by atoms with Gasteiger partial charge < -0.3 is 10.2 Å². The normalized spacial score (nSPS) is 30.5. The lowest BCUT2D eigenvalue weighted by Crippen LogP contribution is -2.33. The van der Waals surface area contributed by atoms with Crippen molar-refractivity contribution in [2.24, 2.45) is 11.8 Å². The van der Waals surface area contributed by atoms with Crippen LogP contribution in [0.25, 0.3) is 0 Å². The third-order valence-corrected chi connectivity index (χ3v) is 3.34. The minimum atomic E-state index is -0.431. The van der Waals surface area contributed by atoms with Crippen molar-refractivity contribution in [2.75, 3.05) is 0 Å². The Morgan fingerprint density at radius 1 is 0.750 bits per heavy atom. The average molecular weight is 170 g/mol. The monoisotopic (exact) mass is 170 g/mol. The minimum Gasteiger partial charge on any atom is -0.390 e. The predicted molar refractivity (Wildman–Crippen MR) is 46.7 cm³/mol. The van der Waals surface area contributed by atoms with Gasteiger partial charge in [-0.1, -0.05) is 12.8 Å². The summed E-state index contributed by atoms with van der Waals surface area (Å²) in [6.07, 6.45) is 6.08. The molecule has 2 unspecified atom stereocenters. The topological polar surface area (TPSA) is 40.5 Å². The highest BCUT2D eigenvalue weighted by molar-refractivity contribution is 4.89. The van der Waals surface area contributed by atoms with E-state index in [1.54, 1.807) is 0 Å². The van der Waals surface area contributed by atoms with Gasteiger partial charge in [0, 0.05) is 0 Å². The lowest BCUT2D eigenvalue weighted by atomic mass is 9.94. The van der Waals surface area contributed by atoms with Crippen molar-refractivity contribution in [3.63, 3.8) is 0 Å². The highest BCUT2D eigenvalue weighted by Crippen LogP contribution is 2.38. The van der Waals surface area contributed by atoms with E-state index < -0.39 is 12.2 Å². The van der Waals surface area contributed by atoms with Crippen LogP contribution in [0.3, 0.4) is 0 Å². The molecule has 0 radical (unpaired) electrons. The maximum atomic E-state index is 9.78. The van der Waals surface area contributed by atoms with Gasteiger partial charge >= 0.3 is 0 Å². The Balaban J connectivity index is 1.84. The molecule has 0 heterocycles. The second-order valence-corrected chi connectivity index (χ2v) is 4.36. The van der Waals surface area contributed by atoms with Crippen LogP contribution in [0.5, 0.6) is 0 Å². The van der Waals surface area contributed by atoms with Crippen LogP contribution < -0.4 is 0 Å². The summed E-state index contributed by atoms with van der Waals surface area (Å²) in [5.41, 5.74) is 0. The van der Waals surface area contributed by atoms with Gasteiger partial charge in [-0.3, -0.25) is 0 Å². The molecule has 0 aromatic carbocycles. The first-order valence-electron chi connectivity index (χ1n) is 5.15. The van der Waals surface area contributed by atoms with Crippen molar-refractivity contribution in [3.8, 4) is 0 Å². The maximum absolute atomic E-state index is 9.78. The molecule has 2 aliphatic carbocycles. The van der Waals surface area contributed by atoms with Crippen LogP contribution in [-0.2, 0) is 0 Å². The minimum absolute atomic E-state index is 0.389. The molecule has 2 rings (SSSR count). The van der Waals surface area contributed by atoms with Gasteiger partial charge in [0.05, 0.1) is 12.2 Å². The van der Waals surface area contributed by atoms with Gasteiger partial charge in [-0.25, -0.2) is 0 Å². The van der Waals surface area contributed by atoms with E-state index in [9.17, 15) is 10.2 Å². The standard InChI is InChI=1S/C10H18O2/c11-9(7-3-1-2-4-7)10(12)8-5-6-8/h7-12H,1-6H2. The molecule has 2 aliphatic rings. The molecule has 70 valence electrons. The molecule has 0 spiro atoms. The molecule has 2 fully saturated rings. The Labute approximate surface area is 73.6 Å².